The summed E-state index contributed by atoms with van der Waals surface area (Å²) in [5.74, 6) is 1.13. The second-order valence-electron chi connectivity index (χ2n) is 6.50. The standard InChI is InChI=1S/C18H25N3/c1-4-19-13-14-12-17(21-11-7-10-18(21,2)3)20-16-9-6-5-8-15(14)16/h5-6,8-9,12,19H,4,7,10-11,13H2,1-3H3. The molecule has 112 valence electrons. The van der Waals surface area contributed by atoms with Crippen LogP contribution in [0.5, 0.6) is 0 Å². The SMILES string of the molecule is CCNCc1cc(N2CCCC2(C)C)nc2ccccc12. The van der Waals surface area contributed by atoms with E-state index in [9.17, 15) is 0 Å². The molecule has 1 aromatic carbocycles. The molecule has 2 heterocycles. The van der Waals surface area contributed by atoms with Gasteiger partial charge in [0.15, 0.2) is 0 Å². The summed E-state index contributed by atoms with van der Waals surface area (Å²) >= 11 is 0. The monoisotopic (exact) mass is 283 g/mol. The summed E-state index contributed by atoms with van der Waals surface area (Å²) in [4.78, 5) is 7.39. The minimum atomic E-state index is 0.213. The molecule has 2 aromatic rings. The summed E-state index contributed by atoms with van der Waals surface area (Å²) in [6.45, 7) is 9.79. The summed E-state index contributed by atoms with van der Waals surface area (Å²) in [5.41, 5.74) is 2.66. The van der Waals surface area contributed by atoms with E-state index in [0.717, 1.165) is 31.0 Å². The number of nitrogens with zero attached hydrogens (tertiary/aromatic N) is 2. The van der Waals surface area contributed by atoms with Crippen molar-refractivity contribution in [2.75, 3.05) is 18.0 Å². The molecule has 1 aliphatic heterocycles. The molecular weight excluding hydrogens is 258 g/mol. The van der Waals surface area contributed by atoms with E-state index in [1.807, 2.05) is 0 Å². The number of hydrogen-bond donors (Lipinski definition) is 1. The Labute approximate surface area is 127 Å². The first kappa shape index (κ1) is 14.3. The van der Waals surface area contributed by atoms with Crippen LogP contribution in [-0.4, -0.2) is 23.6 Å². The first-order valence-electron chi connectivity index (χ1n) is 7.99. The number of para-hydroxylation sites is 1. The summed E-state index contributed by atoms with van der Waals surface area (Å²) < 4.78 is 0. The Morgan fingerprint density at radius 1 is 1.29 bits per heavy atom. The van der Waals surface area contributed by atoms with Crippen LogP contribution < -0.4 is 10.2 Å². The van der Waals surface area contributed by atoms with Crippen LogP contribution in [0.25, 0.3) is 10.9 Å². The highest BCUT2D eigenvalue weighted by Gasteiger charge is 2.33. The predicted octanol–water partition coefficient (Wildman–Crippen LogP) is 3.72. The van der Waals surface area contributed by atoms with Gasteiger partial charge in [0.1, 0.15) is 5.82 Å². The molecule has 0 amide bonds. The highest BCUT2D eigenvalue weighted by atomic mass is 15.3. The van der Waals surface area contributed by atoms with Crippen LogP contribution in [0, 0.1) is 0 Å². The van der Waals surface area contributed by atoms with Crippen LogP contribution in [0.1, 0.15) is 39.2 Å². The lowest BCUT2D eigenvalue weighted by atomic mass is 10.0. The number of pyridine rings is 1. The lowest BCUT2D eigenvalue weighted by Gasteiger charge is -2.33. The van der Waals surface area contributed by atoms with Crippen molar-refractivity contribution in [3.05, 3.63) is 35.9 Å². The lowest BCUT2D eigenvalue weighted by Crippen LogP contribution is -2.38. The molecule has 3 rings (SSSR count). The molecular formula is C18H25N3. The third kappa shape index (κ3) is 2.75. The van der Waals surface area contributed by atoms with Crippen LogP contribution in [0.4, 0.5) is 5.82 Å². The Hall–Kier alpha value is -1.61. The van der Waals surface area contributed by atoms with Gasteiger partial charge in [0.25, 0.3) is 0 Å². The van der Waals surface area contributed by atoms with E-state index < -0.39 is 0 Å². The fourth-order valence-corrected chi connectivity index (χ4v) is 3.31. The zero-order valence-corrected chi connectivity index (χ0v) is 13.3. The van der Waals surface area contributed by atoms with Gasteiger partial charge in [-0.05, 0) is 50.9 Å². The van der Waals surface area contributed by atoms with Crippen molar-refractivity contribution in [1.29, 1.82) is 0 Å². The minimum absolute atomic E-state index is 0.213. The molecule has 0 bridgehead atoms. The van der Waals surface area contributed by atoms with Crippen molar-refractivity contribution in [1.82, 2.24) is 10.3 Å². The van der Waals surface area contributed by atoms with Crippen molar-refractivity contribution >= 4 is 16.7 Å². The van der Waals surface area contributed by atoms with Gasteiger partial charge in [0, 0.05) is 24.0 Å². The van der Waals surface area contributed by atoms with E-state index in [1.165, 1.54) is 23.8 Å². The Bertz CT molecular complexity index is 633. The number of anilines is 1. The number of rotatable bonds is 4. The van der Waals surface area contributed by atoms with Crippen molar-refractivity contribution < 1.29 is 0 Å². The van der Waals surface area contributed by atoms with Gasteiger partial charge in [0.2, 0.25) is 0 Å². The smallest absolute Gasteiger partial charge is 0.130 e. The summed E-state index contributed by atoms with van der Waals surface area (Å²) in [7, 11) is 0. The third-order valence-electron chi connectivity index (χ3n) is 4.53. The van der Waals surface area contributed by atoms with E-state index >= 15 is 0 Å². The Kier molecular flexibility index (Phi) is 3.85. The molecule has 3 heteroatoms. The van der Waals surface area contributed by atoms with Gasteiger partial charge in [-0.2, -0.15) is 0 Å². The van der Waals surface area contributed by atoms with Crippen molar-refractivity contribution in [2.24, 2.45) is 0 Å². The maximum atomic E-state index is 4.92. The number of nitrogens with one attached hydrogen (secondary N) is 1. The predicted molar refractivity (Wildman–Crippen MR) is 89.8 cm³/mol. The molecule has 0 saturated carbocycles. The summed E-state index contributed by atoms with van der Waals surface area (Å²) in [6.07, 6.45) is 2.49. The molecule has 1 saturated heterocycles. The highest BCUT2D eigenvalue weighted by molar-refractivity contribution is 5.84. The van der Waals surface area contributed by atoms with Gasteiger partial charge in [-0.15, -0.1) is 0 Å². The molecule has 1 aromatic heterocycles. The molecule has 21 heavy (non-hydrogen) atoms. The average molecular weight is 283 g/mol. The summed E-state index contributed by atoms with van der Waals surface area (Å²) in [6, 6.07) is 10.7. The maximum Gasteiger partial charge on any atom is 0.130 e. The van der Waals surface area contributed by atoms with E-state index in [-0.39, 0.29) is 5.54 Å². The average Bonchev–Trinajstić information content (AvgIpc) is 2.84. The zero-order valence-electron chi connectivity index (χ0n) is 13.3. The number of hydrogen-bond acceptors (Lipinski definition) is 3. The van der Waals surface area contributed by atoms with E-state index in [4.69, 9.17) is 4.98 Å². The second-order valence-corrected chi connectivity index (χ2v) is 6.50. The molecule has 0 aliphatic carbocycles. The lowest BCUT2D eigenvalue weighted by molar-refractivity contribution is 0.514. The van der Waals surface area contributed by atoms with Gasteiger partial charge in [-0.1, -0.05) is 25.1 Å². The molecule has 0 atom stereocenters. The number of aromatic nitrogens is 1. The van der Waals surface area contributed by atoms with E-state index in [0.29, 0.717) is 0 Å². The van der Waals surface area contributed by atoms with Gasteiger partial charge in [-0.3, -0.25) is 0 Å². The van der Waals surface area contributed by atoms with Gasteiger partial charge in [-0.25, -0.2) is 4.98 Å². The normalized spacial score (nSPS) is 17.6. The van der Waals surface area contributed by atoms with E-state index in [2.05, 4.69) is 61.3 Å². The van der Waals surface area contributed by atoms with E-state index in [1.54, 1.807) is 0 Å². The molecule has 0 spiro atoms. The fraction of sp³-hybridized carbons (Fsp3) is 0.500. The van der Waals surface area contributed by atoms with Crippen LogP contribution >= 0.6 is 0 Å². The van der Waals surface area contributed by atoms with Gasteiger partial charge < -0.3 is 10.2 Å². The number of fused-ring (bicyclic) bond motifs is 1. The van der Waals surface area contributed by atoms with Crippen LogP contribution in [0.2, 0.25) is 0 Å². The summed E-state index contributed by atoms with van der Waals surface area (Å²) in [5, 5.41) is 4.71. The van der Waals surface area contributed by atoms with Crippen molar-refractivity contribution in [3.63, 3.8) is 0 Å². The zero-order chi connectivity index (χ0) is 14.9. The Morgan fingerprint density at radius 2 is 2.10 bits per heavy atom. The van der Waals surface area contributed by atoms with Crippen LogP contribution in [0.3, 0.4) is 0 Å². The Morgan fingerprint density at radius 3 is 2.81 bits per heavy atom. The van der Waals surface area contributed by atoms with Crippen molar-refractivity contribution in [2.45, 2.75) is 45.7 Å². The van der Waals surface area contributed by atoms with Crippen LogP contribution in [-0.2, 0) is 6.54 Å². The van der Waals surface area contributed by atoms with Crippen LogP contribution in [0.15, 0.2) is 30.3 Å². The molecule has 3 nitrogen and oxygen atoms in total. The highest BCUT2D eigenvalue weighted by Crippen LogP contribution is 2.34. The quantitative estimate of drug-likeness (QED) is 0.927. The molecule has 1 aliphatic rings. The first-order chi connectivity index (χ1) is 10.1. The minimum Gasteiger partial charge on any atom is -0.351 e. The Balaban J connectivity index is 2.07. The van der Waals surface area contributed by atoms with Gasteiger partial charge >= 0.3 is 0 Å². The first-order valence-corrected chi connectivity index (χ1v) is 7.99. The third-order valence-corrected chi connectivity index (χ3v) is 4.53. The molecule has 0 unspecified atom stereocenters. The maximum absolute atomic E-state index is 4.92. The topological polar surface area (TPSA) is 28.2 Å². The molecule has 1 fully saturated rings. The second kappa shape index (κ2) is 5.64. The molecule has 0 radical (unpaired) electrons. The fourth-order valence-electron chi connectivity index (χ4n) is 3.31. The van der Waals surface area contributed by atoms with Crippen molar-refractivity contribution in [3.8, 4) is 0 Å². The largest absolute Gasteiger partial charge is 0.351 e. The molecule has 1 N–H and O–H groups in total. The number of benzene rings is 1. The van der Waals surface area contributed by atoms with Gasteiger partial charge in [0.05, 0.1) is 5.52 Å².